The third-order valence-corrected chi connectivity index (χ3v) is 8.82. The summed E-state index contributed by atoms with van der Waals surface area (Å²) >= 11 is 0. The van der Waals surface area contributed by atoms with Gasteiger partial charge in [-0.1, -0.05) is 130 Å². The largest absolute Gasteiger partial charge is 0.744 e. The molecule has 0 bridgehead atoms. The van der Waals surface area contributed by atoms with Crippen molar-refractivity contribution in [1.82, 2.24) is 0 Å². The van der Waals surface area contributed by atoms with Crippen molar-refractivity contribution in [3.05, 3.63) is 29.8 Å². The molecule has 0 amide bonds. The Morgan fingerprint density at radius 3 is 1.18 bits per heavy atom. The first kappa shape index (κ1) is 38.1. The van der Waals surface area contributed by atoms with Crippen LogP contribution in [0.2, 0.25) is 0 Å². The molecule has 5 heteroatoms. The molecular weight excluding hydrogens is 502 g/mol. The molecule has 4 nitrogen and oxygen atoms in total. The van der Waals surface area contributed by atoms with E-state index < -0.39 is 10.1 Å². The van der Waals surface area contributed by atoms with Gasteiger partial charge in [0.25, 0.3) is 0 Å². The Bertz CT molecular complexity index is 724. The van der Waals surface area contributed by atoms with E-state index in [1.54, 1.807) is 12.1 Å². The van der Waals surface area contributed by atoms with Gasteiger partial charge in [-0.25, -0.2) is 8.42 Å². The van der Waals surface area contributed by atoms with Crippen LogP contribution in [-0.4, -0.2) is 43.6 Å². The molecule has 0 unspecified atom stereocenters. The average Bonchev–Trinajstić information content (AvgIpc) is 2.93. The summed E-state index contributed by atoms with van der Waals surface area (Å²) in [6, 6.07) is 6.32. The van der Waals surface area contributed by atoms with Crippen LogP contribution in [0.15, 0.2) is 29.2 Å². The monoisotopic (exact) mass is 567 g/mol. The molecule has 1 rings (SSSR count). The quantitative estimate of drug-likeness (QED) is 0.0709. The fourth-order valence-electron chi connectivity index (χ4n) is 5.28. The van der Waals surface area contributed by atoms with Gasteiger partial charge >= 0.3 is 0 Å². The first-order valence-corrected chi connectivity index (χ1v) is 18.1. The van der Waals surface area contributed by atoms with E-state index in [4.69, 9.17) is 0 Å². The summed E-state index contributed by atoms with van der Waals surface area (Å²) in [6.07, 6.45) is 25.1. The van der Waals surface area contributed by atoms with Crippen molar-refractivity contribution in [1.29, 1.82) is 0 Å². The highest BCUT2D eigenvalue weighted by Gasteiger charge is 2.24. The SMILES string of the molecule is CCCCCCCCCCCCc1ccc(S(=O)(=O)[O-])cc1.CCCC[N+](CCCC)(CCCC)CCCC. The highest BCUT2D eigenvalue weighted by molar-refractivity contribution is 7.85. The molecule has 39 heavy (non-hydrogen) atoms. The number of rotatable bonds is 24. The number of hydrogen-bond donors (Lipinski definition) is 0. The Kier molecular flexibility index (Phi) is 24.3. The summed E-state index contributed by atoms with van der Waals surface area (Å²) in [4.78, 5) is -0.140. The summed E-state index contributed by atoms with van der Waals surface area (Å²) in [5.74, 6) is 0. The Morgan fingerprint density at radius 2 is 0.846 bits per heavy atom. The van der Waals surface area contributed by atoms with E-state index in [9.17, 15) is 13.0 Å². The van der Waals surface area contributed by atoms with Gasteiger partial charge in [-0.2, -0.15) is 0 Å². The average molecular weight is 568 g/mol. The zero-order valence-electron chi connectivity index (χ0n) is 26.7. The molecule has 0 aromatic heterocycles. The van der Waals surface area contributed by atoms with Crippen molar-refractivity contribution in [3.63, 3.8) is 0 Å². The molecule has 0 saturated heterocycles. The number of nitrogens with zero attached hydrogens (tertiary/aromatic N) is 1. The molecular formula is C34H65NO3S. The summed E-state index contributed by atoms with van der Waals surface area (Å²) < 4.78 is 33.9. The van der Waals surface area contributed by atoms with Crippen molar-refractivity contribution < 1.29 is 17.5 Å². The van der Waals surface area contributed by atoms with Gasteiger partial charge in [0.1, 0.15) is 10.1 Å². The van der Waals surface area contributed by atoms with Crippen LogP contribution in [0.5, 0.6) is 0 Å². The second-order valence-electron chi connectivity index (χ2n) is 11.7. The highest BCUT2D eigenvalue weighted by Crippen LogP contribution is 2.17. The molecule has 0 N–H and O–H groups in total. The first-order chi connectivity index (χ1) is 18.8. The molecule has 1 aromatic rings. The van der Waals surface area contributed by atoms with Gasteiger partial charge in [-0.05, 0) is 56.2 Å². The molecule has 0 heterocycles. The van der Waals surface area contributed by atoms with Crippen molar-refractivity contribution in [3.8, 4) is 0 Å². The molecule has 0 atom stereocenters. The molecule has 230 valence electrons. The Labute approximate surface area is 244 Å². The van der Waals surface area contributed by atoms with Crippen LogP contribution < -0.4 is 0 Å². The topological polar surface area (TPSA) is 57.2 Å². The normalized spacial score (nSPS) is 11.8. The van der Waals surface area contributed by atoms with Crippen LogP contribution in [0, 0.1) is 0 Å². The number of quaternary nitrogens is 1. The number of aryl methyl sites for hydroxylation is 1. The Morgan fingerprint density at radius 1 is 0.513 bits per heavy atom. The fourth-order valence-corrected chi connectivity index (χ4v) is 5.75. The van der Waals surface area contributed by atoms with Crippen LogP contribution in [0.4, 0.5) is 0 Å². The molecule has 0 aliphatic heterocycles. The van der Waals surface area contributed by atoms with Crippen molar-refractivity contribution in [2.75, 3.05) is 26.2 Å². The van der Waals surface area contributed by atoms with E-state index in [0.29, 0.717) is 0 Å². The van der Waals surface area contributed by atoms with E-state index >= 15 is 0 Å². The molecule has 0 aliphatic carbocycles. The molecule has 0 saturated carbocycles. The van der Waals surface area contributed by atoms with Gasteiger partial charge in [0.15, 0.2) is 0 Å². The van der Waals surface area contributed by atoms with Crippen LogP contribution in [-0.2, 0) is 16.5 Å². The van der Waals surface area contributed by atoms with Gasteiger partial charge in [0, 0.05) is 0 Å². The summed E-state index contributed by atoms with van der Waals surface area (Å²) in [5, 5.41) is 0. The Hall–Kier alpha value is -0.910. The minimum absolute atomic E-state index is 0.140. The lowest BCUT2D eigenvalue weighted by Gasteiger charge is -2.39. The number of benzene rings is 1. The smallest absolute Gasteiger partial charge is 0.124 e. The number of hydrogen-bond acceptors (Lipinski definition) is 3. The van der Waals surface area contributed by atoms with E-state index in [1.807, 2.05) is 0 Å². The van der Waals surface area contributed by atoms with Gasteiger partial charge in [-0.3, -0.25) is 0 Å². The molecule has 0 aliphatic rings. The summed E-state index contributed by atoms with van der Waals surface area (Å²) in [5.41, 5.74) is 1.10. The second kappa shape index (κ2) is 24.9. The van der Waals surface area contributed by atoms with E-state index in [1.165, 1.54) is 152 Å². The van der Waals surface area contributed by atoms with Crippen LogP contribution in [0.3, 0.4) is 0 Å². The van der Waals surface area contributed by atoms with Crippen molar-refractivity contribution in [2.24, 2.45) is 0 Å². The van der Waals surface area contributed by atoms with Crippen molar-refractivity contribution in [2.45, 2.75) is 162 Å². The predicted octanol–water partition coefficient (Wildman–Crippen LogP) is 10.1. The maximum Gasteiger partial charge on any atom is 0.124 e. The van der Waals surface area contributed by atoms with E-state index in [-0.39, 0.29) is 4.90 Å². The first-order valence-electron chi connectivity index (χ1n) is 16.7. The van der Waals surface area contributed by atoms with Crippen molar-refractivity contribution >= 4 is 10.1 Å². The maximum atomic E-state index is 10.8. The maximum absolute atomic E-state index is 10.8. The standard InChI is InChI=1S/C18H30O3S.C16H36N/c1-2-3-4-5-6-7-8-9-10-11-12-17-13-15-18(16-14-17)22(19,20)21;1-5-9-13-17(14-10-6-2,15-11-7-3)16-12-8-4/h13-16H,2-12H2,1H3,(H,19,20,21);5-16H2,1-4H3/q;+1/p-1. The molecule has 1 aromatic carbocycles. The minimum Gasteiger partial charge on any atom is -0.744 e. The summed E-state index contributed by atoms with van der Waals surface area (Å²) in [6.45, 7) is 17.3. The third-order valence-electron chi connectivity index (χ3n) is 7.98. The molecule has 0 fully saturated rings. The third kappa shape index (κ3) is 20.6. The molecule has 0 radical (unpaired) electrons. The van der Waals surface area contributed by atoms with E-state index in [2.05, 4.69) is 34.6 Å². The predicted molar refractivity (Wildman–Crippen MR) is 169 cm³/mol. The molecule has 0 spiro atoms. The van der Waals surface area contributed by atoms with Gasteiger partial charge in [0.05, 0.1) is 31.1 Å². The highest BCUT2D eigenvalue weighted by atomic mass is 32.2. The lowest BCUT2D eigenvalue weighted by Crippen LogP contribution is -2.50. The zero-order chi connectivity index (χ0) is 29.2. The van der Waals surface area contributed by atoms with Crippen LogP contribution in [0.25, 0.3) is 0 Å². The van der Waals surface area contributed by atoms with E-state index in [0.717, 1.165) is 18.4 Å². The second-order valence-corrected chi connectivity index (χ2v) is 13.1. The minimum atomic E-state index is -4.31. The fraction of sp³-hybridized carbons (Fsp3) is 0.824. The van der Waals surface area contributed by atoms with Crippen LogP contribution >= 0.6 is 0 Å². The summed E-state index contributed by atoms with van der Waals surface area (Å²) in [7, 11) is -4.31. The lowest BCUT2D eigenvalue weighted by atomic mass is 10.0. The van der Waals surface area contributed by atoms with Gasteiger partial charge in [-0.15, -0.1) is 0 Å². The van der Waals surface area contributed by atoms with Crippen LogP contribution in [0.1, 0.15) is 156 Å². The number of unbranched alkanes of at least 4 members (excludes halogenated alkanes) is 13. The lowest BCUT2D eigenvalue weighted by molar-refractivity contribution is -0.929. The van der Waals surface area contributed by atoms with Gasteiger partial charge < -0.3 is 9.04 Å². The Balaban J connectivity index is 0.000000768. The van der Waals surface area contributed by atoms with Gasteiger partial charge in [0.2, 0.25) is 0 Å². The zero-order valence-corrected chi connectivity index (χ0v) is 27.5.